The molecule has 184 valence electrons. The van der Waals surface area contributed by atoms with Crippen LogP contribution in [-0.2, 0) is 26.2 Å². The minimum Gasteiger partial charge on any atom is -0.465 e. The van der Waals surface area contributed by atoms with Crippen molar-refractivity contribution >= 4 is 39.0 Å². The molecule has 0 heterocycles. The van der Waals surface area contributed by atoms with Crippen LogP contribution in [0.4, 0.5) is 18.9 Å². The molecule has 0 atom stereocenters. The van der Waals surface area contributed by atoms with E-state index in [-0.39, 0.29) is 28.6 Å². The second-order valence-corrected chi connectivity index (χ2v) is 9.12. The molecule has 0 amide bonds. The Morgan fingerprint density at radius 3 is 2.26 bits per heavy atom. The number of alkyl halides is 3. The lowest BCUT2D eigenvalue weighted by atomic mass is 10.0. The highest BCUT2D eigenvalue weighted by molar-refractivity contribution is 7.93. The summed E-state index contributed by atoms with van der Waals surface area (Å²) in [6, 6.07) is 18.2. The first kappa shape index (κ1) is 26.0. The molecule has 0 saturated carbocycles. The van der Waals surface area contributed by atoms with Crippen LogP contribution in [0.5, 0.6) is 0 Å². The molecule has 0 saturated heterocycles. The second-order valence-electron chi connectivity index (χ2n) is 7.01. The number of hydrogen-bond donors (Lipinski definition) is 1. The predicted molar refractivity (Wildman–Crippen MR) is 125 cm³/mol. The van der Waals surface area contributed by atoms with Crippen LogP contribution in [0.2, 0.25) is 5.02 Å². The number of carbonyl (C=O) groups is 1. The van der Waals surface area contributed by atoms with E-state index in [0.29, 0.717) is 16.7 Å². The van der Waals surface area contributed by atoms with E-state index in [2.05, 4.69) is 9.89 Å². The predicted octanol–water partition coefficient (Wildman–Crippen LogP) is 5.36. The molecule has 3 aromatic rings. The Morgan fingerprint density at radius 1 is 1.00 bits per heavy atom. The zero-order chi connectivity index (χ0) is 25.6. The minimum atomic E-state index is -5.71. The van der Waals surface area contributed by atoms with Gasteiger partial charge in [-0.05, 0) is 35.9 Å². The van der Waals surface area contributed by atoms with Crippen molar-refractivity contribution in [1.82, 2.24) is 0 Å². The van der Waals surface area contributed by atoms with Crippen molar-refractivity contribution in [3.63, 3.8) is 0 Å². The highest BCUT2D eigenvalue weighted by atomic mass is 35.5. The molecule has 0 fully saturated rings. The van der Waals surface area contributed by atoms with Gasteiger partial charge in [0.1, 0.15) is 12.3 Å². The molecular formula is C23H18ClF3N2O5S. The molecule has 0 aliphatic rings. The third-order valence-corrected chi connectivity index (χ3v) is 5.93. The van der Waals surface area contributed by atoms with Crippen LogP contribution in [0.3, 0.4) is 0 Å². The lowest BCUT2D eigenvalue weighted by Gasteiger charge is -2.16. The van der Waals surface area contributed by atoms with Gasteiger partial charge in [-0.2, -0.15) is 21.6 Å². The van der Waals surface area contributed by atoms with E-state index in [1.807, 2.05) is 0 Å². The molecule has 0 radical (unpaired) electrons. The number of anilines is 1. The van der Waals surface area contributed by atoms with Gasteiger partial charge >= 0.3 is 21.5 Å². The number of benzene rings is 3. The molecule has 3 aromatic carbocycles. The van der Waals surface area contributed by atoms with Crippen molar-refractivity contribution in [2.24, 2.45) is 5.16 Å². The third-order valence-electron chi connectivity index (χ3n) is 4.60. The van der Waals surface area contributed by atoms with Gasteiger partial charge < -0.3 is 9.57 Å². The van der Waals surface area contributed by atoms with E-state index in [4.69, 9.17) is 16.4 Å². The minimum absolute atomic E-state index is 0.0300. The molecule has 7 nitrogen and oxygen atoms in total. The lowest BCUT2D eigenvalue weighted by molar-refractivity contribution is -0.0429. The zero-order valence-corrected chi connectivity index (χ0v) is 19.6. The summed E-state index contributed by atoms with van der Waals surface area (Å²) < 4.78 is 68.6. The van der Waals surface area contributed by atoms with Crippen molar-refractivity contribution in [2.45, 2.75) is 12.1 Å². The standard InChI is InChI=1S/C23H18ClF3N2O5S/c1-33-22(30)17-9-7-15(8-10-17)14-34-28-21(16-5-3-2-4-6-16)19-13-18(24)11-12-20(19)29-35(31,32)23(25,26)27/h2-13,29H,14H2,1H3. The van der Waals surface area contributed by atoms with Gasteiger partial charge in [0.2, 0.25) is 0 Å². The largest absolute Gasteiger partial charge is 0.516 e. The monoisotopic (exact) mass is 526 g/mol. The number of rotatable bonds is 8. The van der Waals surface area contributed by atoms with Gasteiger partial charge in [-0.3, -0.25) is 4.72 Å². The lowest BCUT2D eigenvalue weighted by Crippen LogP contribution is -2.30. The second kappa shape index (κ2) is 10.8. The number of esters is 1. The zero-order valence-electron chi connectivity index (χ0n) is 18.0. The molecule has 3 rings (SSSR count). The average Bonchev–Trinajstić information content (AvgIpc) is 2.83. The van der Waals surface area contributed by atoms with Crippen molar-refractivity contribution in [3.8, 4) is 0 Å². The molecule has 35 heavy (non-hydrogen) atoms. The fourth-order valence-electron chi connectivity index (χ4n) is 2.88. The number of carbonyl (C=O) groups excluding carboxylic acids is 1. The third kappa shape index (κ3) is 6.52. The summed E-state index contributed by atoms with van der Waals surface area (Å²) in [5.41, 5.74) is -4.50. The molecule has 1 N–H and O–H groups in total. The topological polar surface area (TPSA) is 94.1 Å². The molecule has 0 spiro atoms. The molecule has 12 heteroatoms. The Morgan fingerprint density at radius 2 is 1.66 bits per heavy atom. The number of halogens is 4. The summed E-state index contributed by atoms with van der Waals surface area (Å²) in [7, 11) is -4.44. The van der Waals surface area contributed by atoms with Gasteiger partial charge in [-0.15, -0.1) is 0 Å². The van der Waals surface area contributed by atoms with Gasteiger partial charge in [0.05, 0.1) is 18.4 Å². The van der Waals surface area contributed by atoms with E-state index >= 15 is 0 Å². The molecule has 0 aromatic heterocycles. The number of hydrogen-bond acceptors (Lipinski definition) is 6. The van der Waals surface area contributed by atoms with Gasteiger partial charge in [0, 0.05) is 16.1 Å². The van der Waals surface area contributed by atoms with Gasteiger partial charge in [-0.1, -0.05) is 59.2 Å². The maximum atomic E-state index is 13.0. The molecule has 0 aliphatic carbocycles. The summed E-state index contributed by atoms with van der Waals surface area (Å²) in [6.07, 6.45) is 0. The maximum Gasteiger partial charge on any atom is 0.516 e. The molecule has 0 aliphatic heterocycles. The van der Waals surface area contributed by atoms with Crippen LogP contribution in [0, 0.1) is 0 Å². The molecular weight excluding hydrogens is 509 g/mol. The Balaban J connectivity index is 1.97. The Bertz CT molecular complexity index is 1330. The fraction of sp³-hybridized carbons (Fsp3) is 0.130. The van der Waals surface area contributed by atoms with Gasteiger partial charge in [-0.25, -0.2) is 4.79 Å². The summed E-state index contributed by atoms with van der Waals surface area (Å²) in [6.45, 7) is -0.0536. The van der Waals surface area contributed by atoms with E-state index < -0.39 is 21.5 Å². The van der Waals surface area contributed by atoms with Crippen LogP contribution >= 0.6 is 11.6 Å². The van der Waals surface area contributed by atoms with Crippen LogP contribution < -0.4 is 4.72 Å². The van der Waals surface area contributed by atoms with E-state index in [1.54, 1.807) is 47.2 Å². The maximum absolute atomic E-state index is 13.0. The number of nitrogens with zero attached hydrogens (tertiary/aromatic N) is 1. The van der Waals surface area contributed by atoms with Crippen LogP contribution in [0.1, 0.15) is 27.0 Å². The highest BCUT2D eigenvalue weighted by Crippen LogP contribution is 2.30. The molecule has 0 unspecified atom stereocenters. The Hall–Kier alpha value is -3.57. The van der Waals surface area contributed by atoms with Gasteiger partial charge in [0.15, 0.2) is 0 Å². The first-order valence-electron chi connectivity index (χ1n) is 9.83. The van der Waals surface area contributed by atoms with Crippen molar-refractivity contribution < 1.29 is 36.0 Å². The first-order valence-corrected chi connectivity index (χ1v) is 11.7. The van der Waals surface area contributed by atoms with E-state index in [0.717, 1.165) is 6.07 Å². The summed E-state index contributed by atoms with van der Waals surface area (Å²) >= 11 is 6.06. The smallest absolute Gasteiger partial charge is 0.465 e. The van der Waals surface area contributed by atoms with Crippen molar-refractivity contribution in [3.05, 3.63) is 100 Å². The number of methoxy groups -OCH3 is 1. The number of nitrogens with one attached hydrogen (secondary N) is 1. The van der Waals surface area contributed by atoms with Crippen LogP contribution in [0.15, 0.2) is 78.0 Å². The number of sulfonamides is 1. The fourth-order valence-corrected chi connectivity index (χ4v) is 3.64. The summed E-state index contributed by atoms with van der Waals surface area (Å²) in [5.74, 6) is -0.503. The highest BCUT2D eigenvalue weighted by Gasteiger charge is 2.46. The van der Waals surface area contributed by atoms with Crippen LogP contribution in [-0.4, -0.2) is 32.7 Å². The van der Waals surface area contributed by atoms with Crippen molar-refractivity contribution in [2.75, 3.05) is 11.8 Å². The van der Waals surface area contributed by atoms with Gasteiger partial charge in [0.25, 0.3) is 0 Å². The van der Waals surface area contributed by atoms with Crippen LogP contribution in [0.25, 0.3) is 0 Å². The van der Waals surface area contributed by atoms with E-state index in [9.17, 15) is 26.4 Å². The SMILES string of the molecule is COC(=O)c1ccc(CON=C(c2ccccc2)c2cc(Cl)ccc2NS(=O)(=O)C(F)(F)F)cc1. The normalized spacial score (nSPS) is 12.2. The van der Waals surface area contributed by atoms with Crippen molar-refractivity contribution in [1.29, 1.82) is 0 Å². The average molecular weight is 527 g/mol. The van der Waals surface area contributed by atoms with E-state index in [1.165, 1.54) is 31.4 Å². The number of oxime groups is 1. The quantitative estimate of drug-likeness (QED) is 0.242. The first-order chi connectivity index (χ1) is 16.5. The number of ether oxygens (including phenoxy) is 1. The Labute approximate surface area is 204 Å². The summed E-state index contributed by atoms with van der Waals surface area (Å²) in [4.78, 5) is 17.0. The molecule has 0 bridgehead atoms. The summed E-state index contributed by atoms with van der Waals surface area (Å²) in [5, 5.41) is 4.21. The Kier molecular flexibility index (Phi) is 8.03.